The number of hydrogen-bond acceptors (Lipinski definition) is 3. The zero-order valence-electron chi connectivity index (χ0n) is 9.43. The summed E-state index contributed by atoms with van der Waals surface area (Å²) in [6, 6.07) is -0.337. The summed E-state index contributed by atoms with van der Waals surface area (Å²) in [5, 5.41) is 8.75. The van der Waals surface area contributed by atoms with E-state index in [0.717, 1.165) is 6.54 Å². The molecular formula is C10H18N2O3. The van der Waals surface area contributed by atoms with Crippen molar-refractivity contribution >= 4 is 11.9 Å². The topological polar surface area (TPSA) is 60.9 Å². The van der Waals surface area contributed by atoms with Gasteiger partial charge in [-0.3, -0.25) is 14.5 Å². The Hall–Kier alpha value is -1.10. The Morgan fingerprint density at radius 1 is 1.60 bits per heavy atom. The second kappa shape index (κ2) is 4.61. The third-order valence-electron chi connectivity index (χ3n) is 3.01. The van der Waals surface area contributed by atoms with Crippen molar-refractivity contribution in [3.8, 4) is 0 Å². The number of carboxylic acid groups (broad SMARTS) is 1. The van der Waals surface area contributed by atoms with Gasteiger partial charge in [-0.15, -0.1) is 0 Å². The van der Waals surface area contributed by atoms with Crippen LogP contribution in [0.4, 0.5) is 0 Å². The molecule has 0 saturated carbocycles. The molecule has 0 radical (unpaired) electrons. The zero-order chi connectivity index (χ0) is 11.6. The molecule has 5 heteroatoms. The number of aliphatic carboxylic acids is 1. The van der Waals surface area contributed by atoms with Crippen LogP contribution >= 0.6 is 0 Å². The first kappa shape index (κ1) is 12.0. The molecule has 0 bridgehead atoms. The molecule has 1 amide bonds. The van der Waals surface area contributed by atoms with Crippen molar-refractivity contribution in [1.29, 1.82) is 0 Å². The number of carboxylic acids is 1. The van der Waals surface area contributed by atoms with Crippen molar-refractivity contribution in [3.63, 3.8) is 0 Å². The van der Waals surface area contributed by atoms with Gasteiger partial charge in [-0.05, 0) is 13.5 Å². The summed E-state index contributed by atoms with van der Waals surface area (Å²) in [5.41, 5.74) is 0. The average Bonchev–Trinajstić information content (AvgIpc) is 2.18. The molecule has 1 fully saturated rings. The number of rotatable bonds is 3. The quantitative estimate of drug-likeness (QED) is 0.719. The second-order valence-electron chi connectivity index (χ2n) is 4.00. The Balaban J connectivity index is 2.79. The molecule has 5 nitrogen and oxygen atoms in total. The van der Waals surface area contributed by atoms with Crippen molar-refractivity contribution in [3.05, 3.63) is 0 Å². The third kappa shape index (κ3) is 2.47. The number of nitrogens with zero attached hydrogens (tertiary/aromatic N) is 2. The van der Waals surface area contributed by atoms with Crippen molar-refractivity contribution in [2.24, 2.45) is 0 Å². The molecule has 86 valence electrons. The zero-order valence-corrected chi connectivity index (χ0v) is 9.43. The van der Waals surface area contributed by atoms with E-state index in [1.807, 2.05) is 18.7 Å². The second-order valence-corrected chi connectivity index (χ2v) is 4.00. The monoisotopic (exact) mass is 214 g/mol. The standard InChI is InChI=1S/C10H18N2O3/c1-4-12-6-7(2)11(3)10(15)8(12)5-9(13)14/h7-8H,4-6H2,1-3H3,(H,13,14). The molecule has 0 aromatic carbocycles. The number of likely N-dealkylation sites (N-methyl/N-ethyl adjacent to an activating group) is 2. The van der Waals surface area contributed by atoms with Gasteiger partial charge < -0.3 is 10.0 Å². The molecule has 1 saturated heterocycles. The molecule has 1 N–H and O–H groups in total. The Morgan fingerprint density at radius 3 is 2.67 bits per heavy atom. The summed E-state index contributed by atoms with van der Waals surface area (Å²) in [7, 11) is 1.73. The maximum absolute atomic E-state index is 11.9. The first-order valence-electron chi connectivity index (χ1n) is 5.19. The molecule has 1 aliphatic rings. The number of carbonyl (C=O) groups excluding carboxylic acids is 1. The van der Waals surface area contributed by atoms with Gasteiger partial charge in [0.05, 0.1) is 12.5 Å². The van der Waals surface area contributed by atoms with E-state index in [1.54, 1.807) is 11.9 Å². The van der Waals surface area contributed by atoms with Crippen molar-refractivity contribution in [1.82, 2.24) is 9.80 Å². The van der Waals surface area contributed by atoms with Gasteiger partial charge in [0.25, 0.3) is 0 Å². The largest absolute Gasteiger partial charge is 0.481 e. The number of piperazine rings is 1. The Labute approximate surface area is 89.7 Å². The number of hydrogen-bond donors (Lipinski definition) is 1. The van der Waals surface area contributed by atoms with Crippen LogP contribution in [0.25, 0.3) is 0 Å². The van der Waals surface area contributed by atoms with Crippen LogP contribution < -0.4 is 0 Å². The summed E-state index contributed by atoms with van der Waals surface area (Å²) in [4.78, 5) is 26.1. The molecule has 1 heterocycles. The molecule has 2 unspecified atom stereocenters. The average molecular weight is 214 g/mol. The summed E-state index contributed by atoms with van der Waals surface area (Å²) in [6.07, 6.45) is -0.107. The van der Waals surface area contributed by atoms with Crippen molar-refractivity contribution < 1.29 is 14.7 Å². The highest BCUT2D eigenvalue weighted by Gasteiger charge is 2.36. The van der Waals surface area contributed by atoms with Crippen LogP contribution in [-0.2, 0) is 9.59 Å². The fourth-order valence-corrected chi connectivity index (χ4v) is 1.93. The normalized spacial score (nSPS) is 28.2. The lowest BCUT2D eigenvalue weighted by Gasteiger charge is -2.42. The molecule has 2 atom stereocenters. The van der Waals surface area contributed by atoms with Gasteiger partial charge in [-0.1, -0.05) is 6.92 Å². The summed E-state index contributed by atoms with van der Waals surface area (Å²) in [5.74, 6) is -1.01. The number of amides is 1. The molecule has 0 spiro atoms. The Morgan fingerprint density at radius 2 is 2.20 bits per heavy atom. The lowest BCUT2D eigenvalue weighted by molar-refractivity contribution is -0.150. The highest BCUT2D eigenvalue weighted by Crippen LogP contribution is 2.17. The van der Waals surface area contributed by atoms with Crippen LogP contribution in [0.15, 0.2) is 0 Å². The summed E-state index contributed by atoms with van der Waals surface area (Å²) >= 11 is 0. The highest BCUT2D eigenvalue weighted by atomic mass is 16.4. The van der Waals surface area contributed by atoms with Crippen LogP contribution in [-0.4, -0.2) is 59.0 Å². The maximum Gasteiger partial charge on any atom is 0.305 e. The predicted molar refractivity (Wildman–Crippen MR) is 55.5 cm³/mol. The Kier molecular flexibility index (Phi) is 3.68. The van der Waals surface area contributed by atoms with E-state index in [4.69, 9.17) is 5.11 Å². The van der Waals surface area contributed by atoms with Gasteiger partial charge in [-0.2, -0.15) is 0 Å². The van der Waals surface area contributed by atoms with Gasteiger partial charge in [0, 0.05) is 19.6 Å². The fraction of sp³-hybridized carbons (Fsp3) is 0.800. The molecule has 15 heavy (non-hydrogen) atoms. The van der Waals surface area contributed by atoms with E-state index in [-0.39, 0.29) is 18.4 Å². The van der Waals surface area contributed by atoms with Crippen LogP contribution in [0, 0.1) is 0 Å². The minimum atomic E-state index is -0.922. The van der Waals surface area contributed by atoms with Gasteiger partial charge in [0.15, 0.2) is 0 Å². The SMILES string of the molecule is CCN1CC(C)N(C)C(=O)C1CC(=O)O. The first-order valence-corrected chi connectivity index (χ1v) is 5.19. The molecule has 1 rings (SSSR count). The van der Waals surface area contributed by atoms with E-state index in [1.165, 1.54) is 0 Å². The van der Waals surface area contributed by atoms with Gasteiger partial charge in [-0.25, -0.2) is 0 Å². The fourth-order valence-electron chi connectivity index (χ4n) is 1.93. The van der Waals surface area contributed by atoms with E-state index in [2.05, 4.69) is 0 Å². The van der Waals surface area contributed by atoms with Crippen LogP contribution in [0.1, 0.15) is 20.3 Å². The third-order valence-corrected chi connectivity index (χ3v) is 3.01. The van der Waals surface area contributed by atoms with Crippen molar-refractivity contribution in [2.75, 3.05) is 20.1 Å². The Bertz CT molecular complexity index is 267. The molecular weight excluding hydrogens is 196 g/mol. The van der Waals surface area contributed by atoms with E-state index in [9.17, 15) is 9.59 Å². The molecule has 1 aliphatic heterocycles. The van der Waals surface area contributed by atoms with Gasteiger partial charge in [0.2, 0.25) is 5.91 Å². The van der Waals surface area contributed by atoms with E-state index < -0.39 is 12.0 Å². The smallest absolute Gasteiger partial charge is 0.305 e. The first-order chi connectivity index (χ1) is 6.97. The van der Waals surface area contributed by atoms with Gasteiger partial charge >= 0.3 is 5.97 Å². The van der Waals surface area contributed by atoms with Crippen LogP contribution in [0.5, 0.6) is 0 Å². The predicted octanol–water partition coefficient (Wildman–Crippen LogP) is 0.0121. The summed E-state index contributed by atoms with van der Waals surface area (Å²) < 4.78 is 0. The lowest BCUT2D eigenvalue weighted by Crippen LogP contribution is -2.59. The lowest BCUT2D eigenvalue weighted by atomic mass is 10.0. The van der Waals surface area contributed by atoms with E-state index >= 15 is 0 Å². The minimum absolute atomic E-state index is 0.0852. The highest BCUT2D eigenvalue weighted by molar-refractivity contribution is 5.86. The molecule has 0 aromatic heterocycles. The number of carbonyl (C=O) groups is 2. The van der Waals surface area contributed by atoms with Crippen molar-refractivity contribution in [2.45, 2.75) is 32.4 Å². The molecule has 0 aliphatic carbocycles. The van der Waals surface area contributed by atoms with Crippen LogP contribution in [0.2, 0.25) is 0 Å². The maximum atomic E-state index is 11.9. The molecule has 0 aromatic rings. The summed E-state index contributed by atoms with van der Waals surface area (Å²) in [6.45, 7) is 5.37. The van der Waals surface area contributed by atoms with E-state index in [0.29, 0.717) is 6.54 Å². The van der Waals surface area contributed by atoms with Crippen LogP contribution in [0.3, 0.4) is 0 Å². The van der Waals surface area contributed by atoms with Gasteiger partial charge in [0.1, 0.15) is 0 Å². The minimum Gasteiger partial charge on any atom is -0.481 e.